The van der Waals surface area contributed by atoms with Gasteiger partial charge in [0.25, 0.3) is 21.5 Å². The molecule has 4 rings (SSSR count). The number of halogens is 2. The lowest BCUT2D eigenvalue weighted by Gasteiger charge is -2.30. The van der Waals surface area contributed by atoms with E-state index in [1.54, 1.807) is 49.2 Å². The predicted molar refractivity (Wildman–Crippen MR) is 148 cm³/mol. The van der Waals surface area contributed by atoms with Gasteiger partial charge >= 0.3 is 5.97 Å². The molecular weight excluding hydrogens is 567 g/mol. The van der Waals surface area contributed by atoms with E-state index in [2.05, 4.69) is 11.6 Å². The summed E-state index contributed by atoms with van der Waals surface area (Å²) in [6, 6.07) is 10.8. The molecule has 1 aromatic heterocycles. The van der Waals surface area contributed by atoms with Gasteiger partial charge in [0.2, 0.25) is 0 Å². The van der Waals surface area contributed by atoms with Crippen molar-refractivity contribution in [1.82, 2.24) is 14.3 Å². The maximum absolute atomic E-state index is 13.4. The van der Waals surface area contributed by atoms with Gasteiger partial charge in [0, 0.05) is 20.1 Å². The Morgan fingerprint density at radius 2 is 1.72 bits per heavy atom. The SMILES string of the molecule is Cc1c(NS(=O)(=O)c2cc(C(=O)OCC(=O)N3CCC(C)CC3)c(Cl)cc2Cl)c(=O)n(-c2ccccc2)n1C. The minimum absolute atomic E-state index is 0.148. The molecule has 10 nitrogen and oxygen atoms in total. The van der Waals surface area contributed by atoms with Crippen molar-refractivity contribution in [1.29, 1.82) is 0 Å². The van der Waals surface area contributed by atoms with Crippen molar-refractivity contribution in [3.8, 4) is 5.69 Å². The molecule has 0 spiro atoms. The zero-order valence-corrected chi connectivity index (χ0v) is 23.9. The first-order chi connectivity index (χ1) is 18.4. The normalized spacial score (nSPS) is 14.3. The quantitative estimate of drug-likeness (QED) is 0.413. The zero-order valence-electron chi connectivity index (χ0n) is 21.6. The van der Waals surface area contributed by atoms with Gasteiger partial charge in [-0.2, -0.15) is 0 Å². The smallest absolute Gasteiger partial charge is 0.340 e. The molecule has 1 saturated heterocycles. The molecule has 0 aliphatic carbocycles. The van der Waals surface area contributed by atoms with Crippen molar-refractivity contribution in [2.75, 3.05) is 24.4 Å². The summed E-state index contributed by atoms with van der Waals surface area (Å²) in [5.41, 5.74) is -0.171. The van der Waals surface area contributed by atoms with Crippen molar-refractivity contribution in [3.63, 3.8) is 0 Å². The van der Waals surface area contributed by atoms with Crippen LogP contribution < -0.4 is 10.3 Å². The van der Waals surface area contributed by atoms with Crippen molar-refractivity contribution < 1.29 is 22.7 Å². The summed E-state index contributed by atoms with van der Waals surface area (Å²) in [5.74, 6) is -0.794. The number of nitrogens with zero attached hydrogens (tertiary/aromatic N) is 3. The highest BCUT2D eigenvalue weighted by atomic mass is 35.5. The van der Waals surface area contributed by atoms with Gasteiger partial charge in [0.15, 0.2) is 6.61 Å². The molecule has 0 atom stereocenters. The first kappa shape index (κ1) is 28.7. The Bertz CT molecular complexity index is 1580. The van der Waals surface area contributed by atoms with E-state index >= 15 is 0 Å². The van der Waals surface area contributed by atoms with Gasteiger partial charge in [-0.25, -0.2) is 17.9 Å². The number of amides is 1. The fraction of sp³-hybridized carbons (Fsp3) is 0.346. The lowest BCUT2D eigenvalue weighted by Crippen LogP contribution is -2.40. The van der Waals surface area contributed by atoms with Crippen molar-refractivity contribution in [3.05, 3.63) is 74.1 Å². The van der Waals surface area contributed by atoms with Gasteiger partial charge in [0.1, 0.15) is 10.6 Å². The average molecular weight is 596 g/mol. The fourth-order valence-electron chi connectivity index (χ4n) is 4.32. The van der Waals surface area contributed by atoms with Gasteiger partial charge in [-0.3, -0.25) is 19.0 Å². The molecule has 13 heteroatoms. The van der Waals surface area contributed by atoms with E-state index < -0.39 is 33.1 Å². The van der Waals surface area contributed by atoms with Crippen LogP contribution in [0.4, 0.5) is 5.69 Å². The molecular formula is C26H28Cl2N4O6S. The molecule has 1 amide bonds. The number of carbonyl (C=O) groups is 2. The van der Waals surface area contributed by atoms with E-state index in [-0.39, 0.29) is 27.2 Å². The molecule has 0 unspecified atom stereocenters. The van der Waals surface area contributed by atoms with E-state index in [1.165, 1.54) is 9.36 Å². The van der Waals surface area contributed by atoms with Crippen LogP contribution in [-0.4, -0.2) is 54.3 Å². The summed E-state index contributed by atoms with van der Waals surface area (Å²) in [5, 5.41) is -0.412. The van der Waals surface area contributed by atoms with Crippen LogP contribution in [-0.2, 0) is 26.6 Å². The van der Waals surface area contributed by atoms with Crippen LogP contribution in [0, 0.1) is 12.8 Å². The van der Waals surface area contributed by atoms with E-state index in [0.29, 0.717) is 30.4 Å². The van der Waals surface area contributed by atoms with Crippen LogP contribution in [0.1, 0.15) is 35.8 Å². The minimum Gasteiger partial charge on any atom is -0.452 e. The highest BCUT2D eigenvalue weighted by Gasteiger charge is 2.28. The summed E-state index contributed by atoms with van der Waals surface area (Å²) in [4.78, 5) is 39.6. The molecule has 1 aliphatic rings. The number of aromatic nitrogens is 2. The van der Waals surface area contributed by atoms with E-state index in [0.717, 1.165) is 25.0 Å². The Morgan fingerprint density at radius 1 is 1.08 bits per heavy atom. The van der Waals surface area contributed by atoms with E-state index in [4.69, 9.17) is 27.9 Å². The molecule has 1 N–H and O–H groups in total. The number of hydrogen-bond donors (Lipinski definition) is 1. The Kier molecular flexibility index (Phi) is 8.43. The summed E-state index contributed by atoms with van der Waals surface area (Å²) in [6.07, 6.45) is 1.74. The van der Waals surface area contributed by atoms with Gasteiger partial charge in [-0.15, -0.1) is 0 Å². The average Bonchev–Trinajstić information content (AvgIpc) is 3.10. The molecule has 2 heterocycles. The molecule has 1 fully saturated rings. The number of likely N-dealkylation sites (tertiary alicyclic amines) is 1. The number of piperidine rings is 1. The molecule has 0 radical (unpaired) electrons. The minimum atomic E-state index is -4.45. The number of carbonyl (C=O) groups excluding carboxylic acids is 2. The summed E-state index contributed by atoms with van der Waals surface area (Å²) < 4.78 is 37.0. The Hall–Kier alpha value is -3.28. The number of para-hydroxylation sites is 1. The summed E-state index contributed by atoms with van der Waals surface area (Å²) in [6.45, 7) is 4.36. The first-order valence-electron chi connectivity index (χ1n) is 12.2. The van der Waals surface area contributed by atoms with Crippen molar-refractivity contribution >= 4 is 50.8 Å². The van der Waals surface area contributed by atoms with Crippen LogP contribution in [0.5, 0.6) is 0 Å². The van der Waals surface area contributed by atoms with Gasteiger partial charge in [0.05, 0.1) is 27.0 Å². The third kappa shape index (κ3) is 6.00. The number of rotatable bonds is 7. The molecule has 39 heavy (non-hydrogen) atoms. The monoisotopic (exact) mass is 594 g/mol. The highest BCUT2D eigenvalue weighted by molar-refractivity contribution is 7.92. The third-order valence-corrected chi connectivity index (χ3v) is 8.91. The number of sulfonamides is 1. The predicted octanol–water partition coefficient (Wildman–Crippen LogP) is 4.01. The molecule has 0 saturated carbocycles. The lowest BCUT2D eigenvalue weighted by atomic mass is 9.99. The maximum atomic E-state index is 13.4. The molecule has 0 bridgehead atoms. The van der Waals surface area contributed by atoms with Gasteiger partial charge < -0.3 is 9.64 Å². The number of hydrogen-bond acceptors (Lipinski definition) is 6. The number of esters is 1. The second-order valence-corrected chi connectivity index (χ2v) is 11.9. The summed E-state index contributed by atoms with van der Waals surface area (Å²) in [7, 11) is -2.83. The third-order valence-electron chi connectivity index (χ3n) is 6.78. The number of ether oxygens (including phenoxy) is 1. The molecule has 2 aromatic carbocycles. The first-order valence-corrected chi connectivity index (χ1v) is 14.5. The van der Waals surface area contributed by atoms with Crippen LogP contribution in [0.15, 0.2) is 52.2 Å². The maximum Gasteiger partial charge on any atom is 0.340 e. The topological polar surface area (TPSA) is 120 Å². The van der Waals surface area contributed by atoms with Crippen LogP contribution in [0.2, 0.25) is 10.0 Å². The summed E-state index contributed by atoms with van der Waals surface area (Å²) >= 11 is 12.4. The van der Waals surface area contributed by atoms with Crippen LogP contribution in [0.3, 0.4) is 0 Å². The Morgan fingerprint density at radius 3 is 2.36 bits per heavy atom. The zero-order chi connectivity index (χ0) is 28.5. The second-order valence-electron chi connectivity index (χ2n) is 9.44. The van der Waals surface area contributed by atoms with Gasteiger partial charge in [-0.05, 0) is 49.9 Å². The van der Waals surface area contributed by atoms with E-state index in [1.807, 2.05) is 0 Å². The van der Waals surface area contributed by atoms with Crippen LogP contribution in [0.25, 0.3) is 5.69 Å². The lowest BCUT2D eigenvalue weighted by molar-refractivity contribution is -0.135. The molecule has 208 valence electrons. The fourth-order valence-corrected chi connectivity index (χ4v) is 6.29. The van der Waals surface area contributed by atoms with E-state index in [9.17, 15) is 22.8 Å². The molecule has 3 aromatic rings. The Balaban J connectivity index is 1.58. The van der Waals surface area contributed by atoms with Gasteiger partial charge in [-0.1, -0.05) is 48.3 Å². The number of benzene rings is 2. The second kappa shape index (κ2) is 11.4. The van der Waals surface area contributed by atoms with Crippen LogP contribution >= 0.6 is 23.2 Å². The largest absolute Gasteiger partial charge is 0.452 e. The highest BCUT2D eigenvalue weighted by Crippen LogP contribution is 2.31. The number of nitrogens with one attached hydrogen (secondary N) is 1. The Labute approximate surface area is 236 Å². The van der Waals surface area contributed by atoms with Crippen molar-refractivity contribution in [2.24, 2.45) is 13.0 Å². The standard InChI is InChI=1S/C26H28Cl2N4O6S/c1-16-9-11-31(12-10-16)23(33)15-38-26(35)19-13-22(21(28)14-20(19)27)39(36,37)29-24-17(2)30(3)32(25(24)34)18-7-5-4-6-8-18/h4-8,13-14,16,29H,9-12,15H2,1-3H3. The molecule has 1 aliphatic heterocycles. The number of anilines is 1. The van der Waals surface area contributed by atoms with Crippen molar-refractivity contribution in [2.45, 2.75) is 31.6 Å².